The number of hydrogen-bond acceptors (Lipinski definition) is 4. The van der Waals surface area contributed by atoms with E-state index in [9.17, 15) is 4.79 Å². The van der Waals surface area contributed by atoms with Crippen LogP contribution in [-0.4, -0.2) is 10.2 Å². The molecule has 0 bridgehead atoms. The first-order valence-electron chi connectivity index (χ1n) is 9.22. The molecule has 4 rings (SSSR count). The first kappa shape index (κ1) is 23.4. The van der Waals surface area contributed by atoms with E-state index < -0.39 is 0 Å². The average molecular weight is 541 g/mol. The van der Waals surface area contributed by atoms with Crippen molar-refractivity contribution in [2.24, 2.45) is 0 Å². The monoisotopic (exact) mass is 539 g/mol. The van der Waals surface area contributed by atoms with E-state index in [0.717, 1.165) is 11.1 Å². The van der Waals surface area contributed by atoms with Crippen molar-refractivity contribution in [1.29, 1.82) is 0 Å². The molecule has 0 unspecified atom stereocenters. The zero-order chi connectivity index (χ0) is 22.8. The van der Waals surface area contributed by atoms with E-state index >= 15 is 0 Å². The fourth-order valence-corrected chi connectivity index (χ4v) is 5.03. The number of thioether (sulfide) groups is 1. The van der Waals surface area contributed by atoms with Crippen LogP contribution in [0.3, 0.4) is 0 Å². The summed E-state index contributed by atoms with van der Waals surface area (Å²) >= 11 is 30.9. The summed E-state index contributed by atoms with van der Waals surface area (Å²) in [7, 11) is 0. The number of amides is 1. The molecule has 162 valence electrons. The van der Waals surface area contributed by atoms with Gasteiger partial charge in [0, 0.05) is 21.2 Å². The lowest BCUT2D eigenvalue weighted by Gasteiger charge is -2.15. The lowest BCUT2D eigenvalue weighted by Crippen LogP contribution is -2.27. The third-order valence-corrected chi connectivity index (χ3v) is 7.19. The van der Waals surface area contributed by atoms with E-state index in [1.807, 2.05) is 30.3 Å². The predicted octanol–water partition coefficient (Wildman–Crippen LogP) is 8.29. The summed E-state index contributed by atoms with van der Waals surface area (Å²) in [5.41, 5.74) is 2.11. The number of ether oxygens (including phenoxy) is 1. The van der Waals surface area contributed by atoms with Crippen molar-refractivity contribution in [1.82, 2.24) is 0 Å². The van der Waals surface area contributed by atoms with Gasteiger partial charge in [-0.05, 0) is 42.5 Å². The molecule has 1 aliphatic rings. The molecule has 0 aliphatic carbocycles. The molecule has 0 saturated carbocycles. The second kappa shape index (κ2) is 10.0. The number of halogens is 4. The van der Waals surface area contributed by atoms with Crippen LogP contribution in [0, 0.1) is 0 Å². The molecule has 1 amide bonds. The summed E-state index contributed by atoms with van der Waals surface area (Å²) < 4.78 is 6.39. The maximum Gasteiger partial charge on any atom is 0.270 e. The summed E-state index contributed by atoms with van der Waals surface area (Å²) in [6.45, 7) is 0.255. The van der Waals surface area contributed by atoms with Crippen molar-refractivity contribution in [2.45, 2.75) is 6.61 Å². The van der Waals surface area contributed by atoms with E-state index in [1.165, 1.54) is 16.7 Å². The SMILES string of the molecule is O=C1/C(=C/c2ccccc2OCc2ccc(Cl)cc2Cl)SC(=S)N1c1ccc(Cl)c(Cl)c1. The molecule has 1 heterocycles. The molecule has 0 N–H and O–H groups in total. The molecule has 1 aliphatic heterocycles. The Morgan fingerprint density at radius 3 is 2.47 bits per heavy atom. The Bertz CT molecular complexity index is 1260. The highest BCUT2D eigenvalue weighted by atomic mass is 35.5. The lowest BCUT2D eigenvalue weighted by atomic mass is 10.1. The number of anilines is 1. The van der Waals surface area contributed by atoms with Crippen LogP contribution in [0.5, 0.6) is 5.75 Å². The largest absolute Gasteiger partial charge is 0.488 e. The van der Waals surface area contributed by atoms with Gasteiger partial charge in [0.05, 0.1) is 20.6 Å². The number of carbonyl (C=O) groups excluding carboxylic acids is 1. The van der Waals surface area contributed by atoms with Crippen molar-refractivity contribution in [2.75, 3.05) is 4.90 Å². The number of thiocarbonyl (C=S) groups is 1. The first-order valence-corrected chi connectivity index (χ1v) is 12.0. The zero-order valence-corrected chi connectivity index (χ0v) is 20.8. The number of rotatable bonds is 5. The fourth-order valence-electron chi connectivity index (χ4n) is 2.98. The molecule has 1 saturated heterocycles. The zero-order valence-electron chi connectivity index (χ0n) is 16.2. The van der Waals surface area contributed by atoms with Gasteiger partial charge in [-0.1, -0.05) is 94.6 Å². The molecule has 3 nitrogen and oxygen atoms in total. The summed E-state index contributed by atoms with van der Waals surface area (Å²) in [6.07, 6.45) is 1.76. The molecule has 9 heteroatoms. The van der Waals surface area contributed by atoms with Gasteiger partial charge in [0.2, 0.25) is 0 Å². The van der Waals surface area contributed by atoms with Gasteiger partial charge in [0.1, 0.15) is 12.4 Å². The van der Waals surface area contributed by atoms with Crippen molar-refractivity contribution < 1.29 is 9.53 Å². The highest BCUT2D eigenvalue weighted by molar-refractivity contribution is 8.27. The molecule has 0 radical (unpaired) electrons. The van der Waals surface area contributed by atoms with E-state index in [-0.39, 0.29) is 12.5 Å². The topological polar surface area (TPSA) is 29.5 Å². The summed E-state index contributed by atoms with van der Waals surface area (Å²) in [5, 5.41) is 1.84. The number of carbonyl (C=O) groups is 1. The molecule has 0 aromatic heterocycles. The fraction of sp³-hybridized carbons (Fsp3) is 0.0435. The molecule has 0 spiro atoms. The molecular weight excluding hydrogens is 528 g/mol. The van der Waals surface area contributed by atoms with Crippen molar-refractivity contribution in [3.05, 3.63) is 96.8 Å². The van der Waals surface area contributed by atoms with Gasteiger partial charge in [-0.2, -0.15) is 0 Å². The van der Waals surface area contributed by atoms with E-state index in [1.54, 1.807) is 36.4 Å². The van der Waals surface area contributed by atoms with Crippen LogP contribution < -0.4 is 9.64 Å². The Morgan fingerprint density at radius 1 is 0.938 bits per heavy atom. The first-order chi connectivity index (χ1) is 15.3. The maximum absolute atomic E-state index is 13.1. The van der Waals surface area contributed by atoms with Crippen molar-refractivity contribution >= 4 is 92.4 Å². The minimum Gasteiger partial charge on any atom is -0.488 e. The normalized spacial score (nSPS) is 15.0. The van der Waals surface area contributed by atoms with Crippen LogP contribution in [0.4, 0.5) is 5.69 Å². The molecule has 3 aromatic rings. The Morgan fingerprint density at radius 2 is 1.72 bits per heavy atom. The van der Waals surface area contributed by atoms with Gasteiger partial charge in [-0.25, -0.2) is 0 Å². The minimum absolute atomic E-state index is 0.242. The maximum atomic E-state index is 13.1. The molecule has 32 heavy (non-hydrogen) atoms. The molecule has 1 fully saturated rings. The average Bonchev–Trinajstić information content (AvgIpc) is 3.03. The lowest BCUT2D eigenvalue weighted by molar-refractivity contribution is -0.113. The number of nitrogens with zero attached hydrogens (tertiary/aromatic N) is 1. The van der Waals surface area contributed by atoms with E-state index in [4.69, 9.17) is 63.4 Å². The third kappa shape index (κ3) is 5.09. The van der Waals surface area contributed by atoms with Gasteiger partial charge in [-0.3, -0.25) is 9.69 Å². The summed E-state index contributed by atoms with van der Waals surface area (Å²) in [4.78, 5) is 15.0. The van der Waals surface area contributed by atoms with Crippen LogP contribution in [0.25, 0.3) is 6.08 Å². The number of para-hydroxylation sites is 1. The quantitative estimate of drug-likeness (QED) is 0.240. The van der Waals surface area contributed by atoms with Gasteiger partial charge >= 0.3 is 0 Å². The van der Waals surface area contributed by atoms with Gasteiger partial charge in [0.25, 0.3) is 5.91 Å². The molecular formula is C23H13Cl4NO2S2. The smallest absolute Gasteiger partial charge is 0.270 e. The number of hydrogen-bond donors (Lipinski definition) is 0. The van der Waals surface area contributed by atoms with Gasteiger partial charge in [-0.15, -0.1) is 0 Å². The Kier molecular flexibility index (Phi) is 7.35. The minimum atomic E-state index is -0.242. The van der Waals surface area contributed by atoms with Crippen LogP contribution >= 0.6 is 70.4 Å². The number of benzene rings is 3. The van der Waals surface area contributed by atoms with E-state index in [2.05, 4.69) is 0 Å². The van der Waals surface area contributed by atoms with Crippen molar-refractivity contribution in [3.8, 4) is 5.75 Å². The van der Waals surface area contributed by atoms with Gasteiger partial charge < -0.3 is 4.74 Å². The van der Waals surface area contributed by atoms with Crippen molar-refractivity contribution in [3.63, 3.8) is 0 Å². The van der Waals surface area contributed by atoms with Crippen LogP contribution in [0.15, 0.2) is 65.6 Å². The Balaban J connectivity index is 1.58. The Hall–Kier alpha value is -1.73. The summed E-state index contributed by atoms with van der Waals surface area (Å²) in [5.74, 6) is 0.368. The standard InChI is InChI=1S/C23H13Cl4NO2S2/c24-15-6-5-14(18(26)10-15)12-30-20-4-2-1-3-13(20)9-21-22(29)28(23(31)32-21)16-7-8-17(25)19(27)11-16/h1-11H,12H2/b21-9-. The third-order valence-electron chi connectivity index (χ3n) is 4.56. The highest BCUT2D eigenvalue weighted by Gasteiger charge is 2.33. The van der Waals surface area contributed by atoms with E-state index in [0.29, 0.717) is 40.8 Å². The second-order valence-electron chi connectivity index (χ2n) is 6.68. The van der Waals surface area contributed by atoms with Crippen LogP contribution in [0.1, 0.15) is 11.1 Å². The molecule has 0 atom stereocenters. The predicted molar refractivity (Wildman–Crippen MR) is 139 cm³/mol. The summed E-state index contributed by atoms with van der Waals surface area (Å²) in [6, 6.07) is 17.6. The van der Waals surface area contributed by atoms with Gasteiger partial charge in [0.15, 0.2) is 4.32 Å². The molecule has 3 aromatic carbocycles. The second-order valence-corrected chi connectivity index (χ2v) is 10.0. The highest BCUT2D eigenvalue weighted by Crippen LogP contribution is 2.39. The van der Waals surface area contributed by atoms with Crippen LogP contribution in [0.2, 0.25) is 20.1 Å². The van der Waals surface area contributed by atoms with Crippen LogP contribution in [-0.2, 0) is 11.4 Å². The Labute approximate surface area is 214 Å².